The summed E-state index contributed by atoms with van der Waals surface area (Å²) in [6, 6.07) is 13.9. The number of hydrogen-bond donors (Lipinski definition) is 3. The SMILES string of the molecule is CN1CCN(c2ncc(-c3cccc(C[C@H](N)C(=O)N(C(=O)C4CCC(CN)CC4)c4ccc(-c5n[nH]c(Cl)n5)cc4)c3)cn2)CC1.Cl. The van der Waals surface area contributed by atoms with E-state index >= 15 is 0 Å². The Balaban J connectivity index is 0.00000451. The molecule has 1 aliphatic carbocycles. The molecule has 6 rings (SSSR count). The first-order chi connectivity index (χ1) is 22.8. The smallest absolute Gasteiger partial charge is 0.251 e. The quantitative estimate of drug-likeness (QED) is 0.234. The first kappa shape index (κ1) is 35.4. The fourth-order valence-corrected chi connectivity index (χ4v) is 6.47. The van der Waals surface area contributed by atoms with E-state index in [2.05, 4.69) is 42.0 Å². The number of aromatic nitrogens is 5. The number of aromatic amines is 1. The van der Waals surface area contributed by atoms with Crippen LogP contribution in [0.1, 0.15) is 31.2 Å². The van der Waals surface area contributed by atoms with E-state index in [4.69, 9.17) is 23.1 Å². The molecule has 5 N–H and O–H groups in total. The molecule has 0 bridgehead atoms. The van der Waals surface area contributed by atoms with E-state index in [1.807, 2.05) is 36.7 Å². The average Bonchev–Trinajstić information content (AvgIpc) is 3.55. The third kappa shape index (κ3) is 8.19. The molecule has 2 aromatic heterocycles. The highest BCUT2D eigenvalue weighted by Gasteiger charge is 2.35. The van der Waals surface area contributed by atoms with Crippen molar-refractivity contribution >= 4 is 47.5 Å². The van der Waals surface area contributed by atoms with Gasteiger partial charge in [-0.25, -0.2) is 20.0 Å². The van der Waals surface area contributed by atoms with Gasteiger partial charge >= 0.3 is 0 Å². The minimum Gasteiger partial charge on any atom is -0.338 e. The normalized spacial score (nSPS) is 19.0. The molecule has 3 heterocycles. The molecule has 14 heteroatoms. The van der Waals surface area contributed by atoms with Gasteiger partial charge in [0, 0.05) is 55.6 Å². The molecule has 0 unspecified atom stereocenters. The zero-order valence-electron chi connectivity index (χ0n) is 27.0. The minimum absolute atomic E-state index is 0. The third-order valence-corrected chi connectivity index (χ3v) is 9.44. The summed E-state index contributed by atoms with van der Waals surface area (Å²) in [6.07, 6.45) is 7.01. The van der Waals surface area contributed by atoms with Crippen molar-refractivity contribution in [3.8, 4) is 22.5 Å². The van der Waals surface area contributed by atoms with Gasteiger partial charge in [-0.05, 0) is 98.6 Å². The summed E-state index contributed by atoms with van der Waals surface area (Å²) in [5.41, 5.74) is 16.3. The number of H-pyrrole nitrogens is 1. The highest BCUT2D eigenvalue weighted by molar-refractivity contribution is 6.28. The van der Waals surface area contributed by atoms with Gasteiger partial charge in [-0.1, -0.05) is 24.3 Å². The lowest BCUT2D eigenvalue weighted by atomic mass is 9.81. The number of nitrogens with zero attached hydrogens (tertiary/aromatic N) is 7. The lowest BCUT2D eigenvalue weighted by molar-refractivity contribution is -0.130. The number of nitrogens with one attached hydrogen (secondary N) is 1. The summed E-state index contributed by atoms with van der Waals surface area (Å²) in [7, 11) is 2.12. The van der Waals surface area contributed by atoms with E-state index in [9.17, 15) is 9.59 Å². The number of imide groups is 1. The fraction of sp³-hybridized carbons (Fsp3) is 0.412. The number of rotatable bonds is 9. The largest absolute Gasteiger partial charge is 0.338 e. The van der Waals surface area contributed by atoms with Gasteiger partial charge in [0.15, 0.2) is 5.82 Å². The monoisotopic (exact) mass is 692 g/mol. The van der Waals surface area contributed by atoms with Crippen molar-refractivity contribution in [1.29, 1.82) is 0 Å². The van der Waals surface area contributed by atoms with E-state index in [0.717, 1.165) is 61.7 Å². The molecule has 0 spiro atoms. The second kappa shape index (κ2) is 16.0. The molecule has 0 radical (unpaired) electrons. The van der Waals surface area contributed by atoms with Gasteiger partial charge in [0.2, 0.25) is 17.1 Å². The summed E-state index contributed by atoms with van der Waals surface area (Å²) in [4.78, 5) is 47.2. The number of carbonyl (C=O) groups excluding carboxylic acids is 2. The maximum absolute atomic E-state index is 14.1. The maximum atomic E-state index is 14.1. The molecule has 1 saturated heterocycles. The molecule has 12 nitrogen and oxygen atoms in total. The molecule has 1 saturated carbocycles. The van der Waals surface area contributed by atoms with Crippen molar-refractivity contribution < 1.29 is 9.59 Å². The minimum atomic E-state index is -0.947. The molecule has 2 amide bonds. The van der Waals surface area contributed by atoms with Gasteiger partial charge in [0.1, 0.15) is 0 Å². The lowest BCUT2D eigenvalue weighted by Crippen LogP contribution is -2.50. The standard InChI is InChI=1S/C34H41ClN10O2.ClH/c1-43-13-15-44(16-14-43)34-38-20-27(21-39-34)26-4-2-3-23(17-26)18-29(37)32(47)45(31(46)25-7-5-22(19-36)6-8-25)28-11-9-24(10-12-28)30-40-33(35)42-41-30;/h2-4,9-12,17,20-22,25,29H,5-8,13-16,18-19,36-37H2,1H3,(H,40,41,42);1H/t22?,25?,29-;/m0./s1. The summed E-state index contributed by atoms with van der Waals surface area (Å²) >= 11 is 5.91. The predicted molar refractivity (Wildman–Crippen MR) is 190 cm³/mol. The molecule has 2 aliphatic rings. The number of halogens is 2. The van der Waals surface area contributed by atoms with Gasteiger partial charge in [0.25, 0.3) is 5.91 Å². The van der Waals surface area contributed by atoms with E-state index in [1.165, 1.54) is 4.90 Å². The second-order valence-electron chi connectivity index (χ2n) is 12.5. The first-order valence-corrected chi connectivity index (χ1v) is 16.5. The topological polar surface area (TPSA) is 163 Å². The number of hydrogen-bond acceptors (Lipinski definition) is 10. The molecule has 2 aromatic carbocycles. The number of carbonyl (C=O) groups is 2. The highest BCUT2D eigenvalue weighted by Crippen LogP contribution is 2.32. The highest BCUT2D eigenvalue weighted by atomic mass is 35.5. The van der Waals surface area contributed by atoms with Crippen LogP contribution in [0.25, 0.3) is 22.5 Å². The van der Waals surface area contributed by atoms with Crippen molar-refractivity contribution in [1.82, 2.24) is 30.0 Å². The Bertz CT molecular complexity index is 1670. The van der Waals surface area contributed by atoms with E-state index in [1.54, 1.807) is 24.3 Å². The van der Waals surface area contributed by atoms with Crippen molar-refractivity contribution in [3.05, 3.63) is 71.8 Å². The van der Waals surface area contributed by atoms with Crippen molar-refractivity contribution in [3.63, 3.8) is 0 Å². The number of likely N-dealkylation sites (N-methyl/N-ethyl adjacent to an activating group) is 1. The number of piperazine rings is 1. The molecule has 4 aromatic rings. The van der Waals surface area contributed by atoms with Crippen LogP contribution < -0.4 is 21.3 Å². The molecule has 254 valence electrons. The molecule has 48 heavy (non-hydrogen) atoms. The van der Waals surface area contributed by atoms with Gasteiger partial charge in [-0.2, -0.15) is 10.1 Å². The Morgan fingerprint density at radius 1 is 0.979 bits per heavy atom. The van der Waals surface area contributed by atoms with Crippen LogP contribution in [0, 0.1) is 11.8 Å². The second-order valence-corrected chi connectivity index (χ2v) is 12.9. The summed E-state index contributed by atoms with van der Waals surface area (Å²) in [5, 5.41) is 6.88. The lowest BCUT2D eigenvalue weighted by Gasteiger charge is -2.32. The molecule has 2 fully saturated rings. The van der Waals surface area contributed by atoms with Gasteiger partial charge < -0.3 is 21.3 Å². The zero-order chi connectivity index (χ0) is 32.9. The molecule has 1 aliphatic heterocycles. The summed E-state index contributed by atoms with van der Waals surface area (Å²) < 4.78 is 0. The van der Waals surface area contributed by atoms with E-state index in [0.29, 0.717) is 42.4 Å². The van der Waals surface area contributed by atoms with Crippen LogP contribution in [0.5, 0.6) is 0 Å². The van der Waals surface area contributed by atoms with Crippen LogP contribution >= 0.6 is 24.0 Å². The number of amides is 2. The van der Waals surface area contributed by atoms with Gasteiger partial charge in [-0.3, -0.25) is 9.59 Å². The average molecular weight is 694 g/mol. The Morgan fingerprint density at radius 3 is 2.29 bits per heavy atom. The van der Waals surface area contributed by atoms with Crippen LogP contribution in [0.3, 0.4) is 0 Å². The fourth-order valence-electron chi connectivity index (χ4n) is 6.35. The summed E-state index contributed by atoms with van der Waals surface area (Å²) in [6.45, 7) is 4.35. The Labute approximate surface area is 291 Å². The summed E-state index contributed by atoms with van der Waals surface area (Å²) in [5.74, 6) is 0.582. The van der Waals surface area contributed by atoms with E-state index < -0.39 is 11.9 Å². The Kier molecular flexibility index (Phi) is 11.8. The Morgan fingerprint density at radius 2 is 1.67 bits per heavy atom. The van der Waals surface area contributed by atoms with Crippen LogP contribution in [-0.4, -0.2) is 87.7 Å². The number of nitrogens with two attached hydrogens (primary N) is 2. The maximum Gasteiger partial charge on any atom is 0.251 e. The zero-order valence-corrected chi connectivity index (χ0v) is 28.5. The van der Waals surface area contributed by atoms with Crippen molar-refractivity contribution in [2.45, 2.75) is 38.1 Å². The molecular weight excluding hydrogens is 651 g/mol. The van der Waals surface area contributed by atoms with Crippen molar-refractivity contribution in [2.75, 3.05) is 49.6 Å². The predicted octanol–water partition coefficient (Wildman–Crippen LogP) is 3.95. The van der Waals surface area contributed by atoms with Crippen molar-refractivity contribution in [2.24, 2.45) is 23.3 Å². The Hall–Kier alpha value is -3.94. The molecule has 1 atom stereocenters. The number of anilines is 2. The van der Waals surface area contributed by atoms with Crippen LogP contribution in [0.2, 0.25) is 5.28 Å². The van der Waals surface area contributed by atoms with Gasteiger partial charge in [0.05, 0.1) is 11.7 Å². The van der Waals surface area contributed by atoms with Gasteiger partial charge in [-0.15, -0.1) is 12.4 Å². The number of benzene rings is 2. The van der Waals surface area contributed by atoms with E-state index in [-0.39, 0.29) is 35.9 Å². The van der Waals surface area contributed by atoms with Crippen LogP contribution in [-0.2, 0) is 16.0 Å². The van der Waals surface area contributed by atoms with Crippen LogP contribution in [0.15, 0.2) is 60.9 Å². The molecular formula is C34H42Cl2N10O2. The first-order valence-electron chi connectivity index (χ1n) is 16.2. The van der Waals surface area contributed by atoms with Crippen LogP contribution in [0.4, 0.5) is 11.6 Å². The third-order valence-electron chi connectivity index (χ3n) is 9.27.